The molecule has 1 aromatic rings. The first-order valence-electron chi connectivity index (χ1n) is 5.90. The molecule has 5 heteroatoms. The molecule has 1 rings (SSSR count). The standard InChI is InChI=1S/C12H21N3O2/c1-10(2)8-17-12-7-11(14-9-15-12)13-5-4-6-16-3/h7,9-10H,4-6,8H2,1-3H3,(H,13,14,15). The van der Waals surface area contributed by atoms with Crippen LogP contribution in [0.4, 0.5) is 5.82 Å². The Morgan fingerprint density at radius 3 is 2.88 bits per heavy atom. The van der Waals surface area contributed by atoms with E-state index in [0.29, 0.717) is 18.4 Å². The second kappa shape index (κ2) is 7.84. The third kappa shape index (κ3) is 6.06. The van der Waals surface area contributed by atoms with Crippen LogP contribution in [-0.2, 0) is 4.74 Å². The molecule has 0 saturated carbocycles. The molecular weight excluding hydrogens is 218 g/mol. The fourth-order valence-corrected chi connectivity index (χ4v) is 1.20. The zero-order valence-corrected chi connectivity index (χ0v) is 10.8. The van der Waals surface area contributed by atoms with E-state index in [-0.39, 0.29) is 0 Å². The average molecular weight is 239 g/mol. The minimum absolute atomic E-state index is 0.489. The van der Waals surface area contributed by atoms with Gasteiger partial charge in [-0.05, 0) is 12.3 Å². The van der Waals surface area contributed by atoms with Crippen LogP contribution in [-0.4, -0.2) is 36.8 Å². The molecule has 0 aliphatic heterocycles. The van der Waals surface area contributed by atoms with Crippen molar-refractivity contribution in [3.8, 4) is 5.88 Å². The molecule has 0 fully saturated rings. The highest BCUT2D eigenvalue weighted by atomic mass is 16.5. The van der Waals surface area contributed by atoms with E-state index in [1.807, 2.05) is 6.07 Å². The van der Waals surface area contributed by atoms with Crippen molar-refractivity contribution < 1.29 is 9.47 Å². The summed E-state index contributed by atoms with van der Waals surface area (Å²) >= 11 is 0. The summed E-state index contributed by atoms with van der Waals surface area (Å²) in [6.45, 7) is 6.44. The summed E-state index contributed by atoms with van der Waals surface area (Å²) in [4.78, 5) is 8.18. The molecule has 1 aromatic heterocycles. The van der Waals surface area contributed by atoms with E-state index in [2.05, 4.69) is 29.1 Å². The van der Waals surface area contributed by atoms with Crippen LogP contribution in [0.15, 0.2) is 12.4 Å². The summed E-state index contributed by atoms with van der Waals surface area (Å²) in [6.07, 6.45) is 2.46. The first-order chi connectivity index (χ1) is 8.22. The van der Waals surface area contributed by atoms with Crippen LogP contribution < -0.4 is 10.1 Å². The average Bonchev–Trinajstić information content (AvgIpc) is 2.33. The van der Waals surface area contributed by atoms with Gasteiger partial charge in [-0.2, -0.15) is 0 Å². The fourth-order valence-electron chi connectivity index (χ4n) is 1.20. The van der Waals surface area contributed by atoms with Crippen LogP contribution in [0, 0.1) is 5.92 Å². The van der Waals surface area contributed by atoms with Crippen LogP contribution in [0.5, 0.6) is 5.88 Å². The summed E-state index contributed by atoms with van der Waals surface area (Å²) in [6, 6.07) is 1.81. The minimum atomic E-state index is 0.489. The molecule has 1 N–H and O–H groups in total. The van der Waals surface area contributed by atoms with Gasteiger partial charge in [-0.1, -0.05) is 13.8 Å². The molecule has 17 heavy (non-hydrogen) atoms. The Labute approximate surface area is 103 Å². The normalized spacial score (nSPS) is 10.6. The topological polar surface area (TPSA) is 56.3 Å². The van der Waals surface area contributed by atoms with Crippen molar-refractivity contribution >= 4 is 5.82 Å². The van der Waals surface area contributed by atoms with Gasteiger partial charge in [0.05, 0.1) is 6.61 Å². The maximum atomic E-state index is 5.52. The fraction of sp³-hybridized carbons (Fsp3) is 0.667. The van der Waals surface area contributed by atoms with Crippen molar-refractivity contribution in [2.75, 3.05) is 32.2 Å². The molecular formula is C12H21N3O2. The molecule has 0 saturated heterocycles. The molecule has 0 atom stereocenters. The van der Waals surface area contributed by atoms with Gasteiger partial charge in [0.15, 0.2) is 0 Å². The van der Waals surface area contributed by atoms with E-state index in [0.717, 1.165) is 25.4 Å². The lowest BCUT2D eigenvalue weighted by atomic mass is 10.2. The highest BCUT2D eigenvalue weighted by molar-refractivity contribution is 5.36. The van der Waals surface area contributed by atoms with Gasteiger partial charge in [-0.25, -0.2) is 9.97 Å². The summed E-state index contributed by atoms with van der Waals surface area (Å²) in [7, 11) is 1.70. The summed E-state index contributed by atoms with van der Waals surface area (Å²) in [5.74, 6) is 1.89. The lowest BCUT2D eigenvalue weighted by Crippen LogP contribution is -2.08. The molecule has 0 radical (unpaired) electrons. The van der Waals surface area contributed by atoms with E-state index in [4.69, 9.17) is 9.47 Å². The van der Waals surface area contributed by atoms with Gasteiger partial charge in [0.2, 0.25) is 5.88 Å². The lowest BCUT2D eigenvalue weighted by molar-refractivity contribution is 0.197. The number of ether oxygens (including phenoxy) is 2. The van der Waals surface area contributed by atoms with Crippen LogP contribution in [0.3, 0.4) is 0 Å². The Morgan fingerprint density at radius 1 is 1.35 bits per heavy atom. The van der Waals surface area contributed by atoms with Gasteiger partial charge < -0.3 is 14.8 Å². The van der Waals surface area contributed by atoms with Gasteiger partial charge >= 0.3 is 0 Å². The number of rotatable bonds is 8. The summed E-state index contributed by atoms with van der Waals surface area (Å²) in [5.41, 5.74) is 0. The number of hydrogen-bond acceptors (Lipinski definition) is 5. The van der Waals surface area contributed by atoms with E-state index >= 15 is 0 Å². The monoisotopic (exact) mass is 239 g/mol. The quantitative estimate of drug-likeness (QED) is 0.703. The molecule has 0 aromatic carbocycles. The van der Waals surface area contributed by atoms with Crippen LogP contribution >= 0.6 is 0 Å². The Hall–Kier alpha value is -1.36. The Bertz CT molecular complexity index is 318. The van der Waals surface area contributed by atoms with Crippen molar-refractivity contribution in [1.29, 1.82) is 0 Å². The Kier molecular flexibility index (Phi) is 6.32. The van der Waals surface area contributed by atoms with Gasteiger partial charge in [-0.3, -0.25) is 0 Å². The number of anilines is 1. The molecule has 1 heterocycles. The third-order valence-electron chi connectivity index (χ3n) is 2.04. The zero-order chi connectivity index (χ0) is 12.5. The predicted molar refractivity (Wildman–Crippen MR) is 67.3 cm³/mol. The maximum Gasteiger partial charge on any atom is 0.218 e. The molecule has 0 unspecified atom stereocenters. The van der Waals surface area contributed by atoms with Gasteiger partial charge in [-0.15, -0.1) is 0 Å². The van der Waals surface area contributed by atoms with Gasteiger partial charge in [0.1, 0.15) is 12.1 Å². The second-order valence-electron chi connectivity index (χ2n) is 4.22. The van der Waals surface area contributed by atoms with Crippen molar-refractivity contribution in [2.24, 2.45) is 5.92 Å². The second-order valence-corrected chi connectivity index (χ2v) is 4.22. The van der Waals surface area contributed by atoms with E-state index in [1.165, 1.54) is 6.33 Å². The van der Waals surface area contributed by atoms with Crippen molar-refractivity contribution in [3.05, 3.63) is 12.4 Å². The number of aromatic nitrogens is 2. The van der Waals surface area contributed by atoms with E-state index in [1.54, 1.807) is 7.11 Å². The first kappa shape index (κ1) is 13.7. The SMILES string of the molecule is COCCCNc1cc(OCC(C)C)ncn1. The Morgan fingerprint density at radius 2 is 2.18 bits per heavy atom. The van der Waals surface area contributed by atoms with Gasteiger partial charge in [0, 0.05) is 26.3 Å². The highest BCUT2D eigenvalue weighted by Crippen LogP contribution is 2.11. The first-order valence-corrected chi connectivity index (χ1v) is 5.90. The number of methoxy groups -OCH3 is 1. The largest absolute Gasteiger partial charge is 0.477 e. The lowest BCUT2D eigenvalue weighted by Gasteiger charge is -2.09. The zero-order valence-electron chi connectivity index (χ0n) is 10.8. The van der Waals surface area contributed by atoms with E-state index in [9.17, 15) is 0 Å². The highest BCUT2D eigenvalue weighted by Gasteiger charge is 2.01. The van der Waals surface area contributed by atoms with Crippen LogP contribution in [0.1, 0.15) is 20.3 Å². The number of nitrogens with zero attached hydrogens (tertiary/aromatic N) is 2. The molecule has 0 aliphatic rings. The predicted octanol–water partition coefficient (Wildman–Crippen LogP) is 1.96. The smallest absolute Gasteiger partial charge is 0.218 e. The minimum Gasteiger partial charge on any atom is -0.477 e. The summed E-state index contributed by atoms with van der Waals surface area (Å²) < 4.78 is 10.5. The maximum absolute atomic E-state index is 5.52. The summed E-state index contributed by atoms with van der Waals surface area (Å²) in [5, 5.41) is 3.20. The molecule has 0 bridgehead atoms. The molecule has 0 aliphatic carbocycles. The molecule has 5 nitrogen and oxygen atoms in total. The molecule has 0 spiro atoms. The number of hydrogen-bond donors (Lipinski definition) is 1. The molecule has 0 amide bonds. The van der Waals surface area contributed by atoms with Crippen molar-refractivity contribution in [3.63, 3.8) is 0 Å². The van der Waals surface area contributed by atoms with E-state index < -0.39 is 0 Å². The molecule has 96 valence electrons. The third-order valence-corrected chi connectivity index (χ3v) is 2.04. The van der Waals surface area contributed by atoms with Gasteiger partial charge in [0.25, 0.3) is 0 Å². The van der Waals surface area contributed by atoms with Crippen LogP contribution in [0.2, 0.25) is 0 Å². The van der Waals surface area contributed by atoms with Crippen LogP contribution in [0.25, 0.3) is 0 Å². The van der Waals surface area contributed by atoms with Crippen molar-refractivity contribution in [2.45, 2.75) is 20.3 Å². The van der Waals surface area contributed by atoms with Crippen molar-refractivity contribution in [1.82, 2.24) is 9.97 Å². The Balaban J connectivity index is 2.37. The number of nitrogens with one attached hydrogen (secondary N) is 1.